The van der Waals surface area contributed by atoms with Crippen LogP contribution in [0.25, 0.3) is 11.3 Å². The van der Waals surface area contributed by atoms with Crippen LogP contribution in [0.3, 0.4) is 0 Å². The van der Waals surface area contributed by atoms with Gasteiger partial charge in [-0.2, -0.15) is 0 Å². The van der Waals surface area contributed by atoms with E-state index in [4.69, 9.17) is 4.52 Å². The number of hydrogen-bond donors (Lipinski definition) is 1. The van der Waals surface area contributed by atoms with Gasteiger partial charge in [-0.15, -0.1) is 0 Å². The number of ketones is 2. The van der Waals surface area contributed by atoms with Crippen molar-refractivity contribution in [3.63, 3.8) is 0 Å². The smallest absolute Gasteiger partial charge is 0.185 e. The summed E-state index contributed by atoms with van der Waals surface area (Å²) < 4.78 is 47.4. The van der Waals surface area contributed by atoms with Gasteiger partial charge in [0, 0.05) is 55.9 Å². The first kappa shape index (κ1) is 30.2. The number of halogens is 3. The molecule has 42 heavy (non-hydrogen) atoms. The molecule has 0 amide bonds. The normalized spacial score (nSPS) is 22.5. The number of nitrogens with zero attached hydrogens (tertiary/aromatic N) is 2. The molecule has 0 spiro atoms. The third-order valence-corrected chi connectivity index (χ3v) is 8.97. The Hall–Kier alpha value is -3.30. The Morgan fingerprint density at radius 2 is 1.71 bits per heavy atom. The minimum atomic E-state index is -0.828. The molecule has 0 radical (unpaired) electrons. The summed E-state index contributed by atoms with van der Waals surface area (Å²) in [6, 6.07) is 11.1. The summed E-state index contributed by atoms with van der Waals surface area (Å²) in [7, 11) is 0. The fourth-order valence-corrected chi connectivity index (χ4v) is 6.68. The molecule has 9 heteroatoms. The number of carbonyl (C=O) groups excluding carboxylic acids is 2. The summed E-state index contributed by atoms with van der Waals surface area (Å²) >= 11 is 0. The third-order valence-electron chi connectivity index (χ3n) is 8.97. The van der Waals surface area contributed by atoms with E-state index in [9.17, 15) is 27.9 Å². The molecular formula is C33H37F3N2O4. The molecule has 224 valence electrons. The second kappa shape index (κ2) is 11.4. The molecule has 2 heterocycles. The predicted molar refractivity (Wildman–Crippen MR) is 151 cm³/mol. The van der Waals surface area contributed by atoms with Crippen molar-refractivity contribution in [1.29, 1.82) is 0 Å². The summed E-state index contributed by atoms with van der Waals surface area (Å²) in [5, 5.41) is 14.2. The van der Waals surface area contributed by atoms with Crippen LogP contribution in [0.1, 0.15) is 81.8 Å². The van der Waals surface area contributed by atoms with Crippen LogP contribution >= 0.6 is 0 Å². The Morgan fingerprint density at radius 3 is 2.38 bits per heavy atom. The van der Waals surface area contributed by atoms with E-state index < -0.39 is 28.1 Å². The average molecular weight is 583 g/mol. The van der Waals surface area contributed by atoms with Crippen LogP contribution in [0.2, 0.25) is 0 Å². The Bertz CT molecular complexity index is 1470. The van der Waals surface area contributed by atoms with Crippen LogP contribution in [-0.4, -0.2) is 51.5 Å². The Kier molecular flexibility index (Phi) is 8.20. The van der Waals surface area contributed by atoms with Crippen molar-refractivity contribution in [2.45, 2.75) is 82.8 Å². The summed E-state index contributed by atoms with van der Waals surface area (Å²) in [4.78, 5) is 29.2. The van der Waals surface area contributed by atoms with E-state index >= 15 is 0 Å². The predicted octanol–water partition coefficient (Wildman–Crippen LogP) is 6.65. The van der Waals surface area contributed by atoms with Crippen molar-refractivity contribution in [2.24, 2.45) is 5.41 Å². The van der Waals surface area contributed by atoms with Gasteiger partial charge in [-0.25, -0.2) is 13.2 Å². The second-order valence-electron chi connectivity index (χ2n) is 13.2. The molecule has 3 aromatic rings. The van der Waals surface area contributed by atoms with Crippen LogP contribution in [0, 0.1) is 22.9 Å². The summed E-state index contributed by atoms with van der Waals surface area (Å²) in [5.41, 5.74) is -1.56. The number of Topliss-reactive ketones (excluding diaryl/α,β-unsaturated/α-hetero) is 2. The van der Waals surface area contributed by atoms with Crippen molar-refractivity contribution in [3.8, 4) is 11.3 Å². The van der Waals surface area contributed by atoms with Crippen LogP contribution in [-0.2, 0) is 10.2 Å². The number of carbonyl (C=O) groups is 2. The van der Waals surface area contributed by atoms with Crippen molar-refractivity contribution >= 4 is 11.6 Å². The first-order valence-corrected chi connectivity index (χ1v) is 14.4. The highest BCUT2D eigenvalue weighted by Crippen LogP contribution is 2.44. The SMILES string of the molecule is CC1(O)CCC(N2CC(CC(=O)CC(C)(C)c3ccccc3F)(CC(=O)c3cc(-c4ccc(F)cc4F)on3)C2)CC1. The van der Waals surface area contributed by atoms with Gasteiger partial charge in [0.2, 0.25) is 0 Å². The van der Waals surface area contributed by atoms with Gasteiger partial charge in [-0.3, -0.25) is 14.5 Å². The van der Waals surface area contributed by atoms with E-state index in [-0.39, 0.29) is 59.7 Å². The number of likely N-dealkylation sites (tertiary alicyclic amines) is 1. The van der Waals surface area contributed by atoms with Gasteiger partial charge < -0.3 is 9.63 Å². The molecule has 2 aliphatic rings. The zero-order valence-electron chi connectivity index (χ0n) is 24.3. The molecule has 1 aromatic heterocycles. The molecule has 0 bridgehead atoms. The van der Waals surface area contributed by atoms with Gasteiger partial charge >= 0.3 is 0 Å². The standard InChI is InChI=1S/C33H37F3N2O4/c1-31(2,25-6-4-5-7-26(25)35)16-23(39)17-33(19-38(20-33)22-10-12-32(3,41)13-11-22)18-29(40)28-15-30(42-37-28)24-9-8-21(34)14-27(24)36/h4-9,14-15,22,41H,10-13,16-20H2,1-3H3. The maximum absolute atomic E-state index is 14.6. The van der Waals surface area contributed by atoms with Gasteiger partial charge in [0.25, 0.3) is 0 Å². The lowest BCUT2D eigenvalue weighted by molar-refractivity contribution is -0.128. The van der Waals surface area contributed by atoms with Crippen molar-refractivity contribution in [1.82, 2.24) is 10.1 Å². The minimum absolute atomic E-state index is 0.00813. The molecular weight excluding hydrogens is 545 g/mol. The fraction of sp³-hybridized carbons (Fsp3) is 0.485. The molecule has 1 aliphatic heterocycles. The average Bonchev–Trinajstić information content (AvgIpc) is 3.37. The van der Waals surface area contributed by atoms with E-state index in [0.29, 0.717) is 31.5 Å². The minimum Gasteiger partial charge on any atom is -0.390 e. The van der Waals surface area contributed by atoms with E-state index in [1.54, 1.807) is 18.2 Å². The zero-order valence-corrected chi connectivity index (χ0v) is 24.3. The van der Waals surface area contributed by atoms with E-state index in [2.05, 4.69) is 10.1 Å². The second-order valence-corrected chi connectivity index (χ2v) is 13.2. The first-order chi connectivity index (χ1) is 19.8. The zero-order chi connectivity index (χ0) is 30.3. The first-order valence-electron chi connectivity index (χ1n) is 14.4. The van der Waals surface area contributed by atoms with Crippen molar-refractivity contribution in [3.05, 3.63) is 77.2 Å². The maximum atomic E-state index is 14.6. The molecule has 2 fully saturated rings. The van der Waals surface area contributed by atoms with E-state index in [1.807, 2.05) is 20.8 Å². The quantitative estimate of drug-likeness (QED) is 0.270. The topological polar surface area (TPSA) is 83.6 Å². The van der Waals surface area contributed by atoms with Crippen LogP contribution < -0.4 is 0 Å². The summed E-state index contributed by atoms with van der Waals surface area (Å²) in [5.74, 6) is -2.30. The monoisotopic (exact) mass is 582 g/mol. The number of benzene rings is 2. The lowest BCUT2D eigenvalue weighted by Gasteiger charge is -2.54. The van der Waals surface area contributed by atoms with Crippen LogP contribution in [0.5, 0.6) is 0 Å². The Labute approximate surface area is 243 Å². The molecule has 6 nitrogen and oxygen atoms in total. The Morgan fingerprint density at radius 1 is 1.02 bits per heavy atom. The molecule has 2 aromatic carbocycles. The fourth-order valence-electron chi connectivity index (χ4n) is 6.68. The van der Waals surface area contributed by atoms with Crippen molar-refractivity contribution < 1.29 is 32.4 Å². The van der Waals surface area contributed by atoms with Gasteiger partial charge in [0.15, 0.2) is 11.5 Å². The lowest BCUT2D eigenvalue weighted by atomic mass is 9.68. The van der Waals surface area contributed by atoms with Gasteiger partial charge in [-0.1, -0.05) is 37.2 Å². The summed E-state index contributed by atoms with van der Waals surface area (Å²) in [6.07, 6.45) is 3.36. The van der Waals surface area contributed by atoms with Crippen LogP contribution in [0.4, 0.5) is 13.2 Å². The number of rotatable bonds is 10. The number of aromatic nitrogens is 1. The highest BCUT2D eigenvalue weighted by molar-refractivity contribution is 5.96. The van der Waals surface area contributed by atoms with E-state index in [1.165, 1.54) is 18.2 Å². The number of aliphatic hydroxyl groups is 1. The molecule has 1 saturated heterocycles. The lowest BCUT2D eigenvalue weighted by Crippen LogP contribution is -2.62. The molecule has 0 atom stereocenters. The molecule has 1 saturated carbocycles. The van der Waals surface area contributed by atoms with Crippen molar-refractivity contribution in [2.75, 3.05) is 13.1 Å². The molecule has 5 rings (SSSR count). The van der Waals surface area contributed by atoms with Gasteiger partial charge in [-0.05, 0) is 61.8 Å². The van der Waals surface area contributed by atoms with E-state index in [0.717, 1.165) is 25.0 Å². The molecule has 0 unspecified atom stereocenters. The molecule has 1 N–H and O–H groups in total. The Balaban J connectivity index is 1.32. The maximum Gasteiger partial charge on any atom is 0.185 e. The highest BCUT2D eigenvalue weighted by Gasteiger charge is 2.49. The molecule has 1 aliphatic carbocycles. The van der Waals surface area contributed by atoms with Gasteiger partial charge in [0.05, 0.1) is 11.2 Å². The summed E-state index contributed by atoms with van der Waals surface area (Å²) in [6.45, 7) is 6.60. The highest BCUT2D eigenvalue weighted by atomic mass is 19.1. The van der Waals surface area contributed by atoms with Gasteiger partial charge in [0.1, 0.15) is 28.9 Å². The number of hydrogen-bond acceptors (Lipinski definition) is 6. The van der Waals surface area contributed by atoms with Crippen LogP contribution in [0.15, 0.2) is 53.1 Å². The largest absolute Gasteiger partial charge is 0.390 e. The third kappa shape index (κ3) is 6.52.